The molecule has 0 saturated carbocycles. The van der Waals surface area contributed by atoms with Crippen molar-refractivity contribution in [2.24, 2.45) is 29.4 Å². The molecule has 3 rings (SSSR count). The van der Waals surface area contributed by atoms with Gasteiger partial charge in [0.1, 0.15) is 6.04 Å². The summed E-state index contributed by atoms with van der Waals surface area (Å²) in [6.45, 7) is 14.6. The van der Waals surface area contributed by atoms with Gasteiger partial charge < -0.3 is 35.5 Å². The minimum Gasteiger partial charge on any atom is -0.481 e. The van der Waals surface area contributed by atoms with E-state index in [0.29, 0.717) is 32.4 Å². The number of aromatic nitrogens is 1. The molecule has 1 fully saturated rings. The summed E-state index contributed by atoms with van der Waals surface area (Å²) in [7, 11) is 6.78. The predicted molar refractivity (Wildman–Crippen MR) is 243 cm³/mol. The van der Waals surface area contributed by atoms with Crippen LogP contribution in [-0.4, -0.2) is 144 Å². The first-order chi connectivity index (χ1) is 29.8. The van der Waals surface area contributed by atoms with Crippen molar-refractivity contribution in [3.63, 3.8) is 0 Å². The number of H-pyrrole nitrogens is 1. The average Bonchev–Trinajstić information content (AvgIpc) is 3.87. The molecule has 1 aromatic carbocycles. The topological polar surface area (TPSA) is 217 Å². The first-order valence-corrected chi connectivity index (χ1v) is 22.8. The molecule has 2 heterocycles. The Morgan fingerprint density at radius 3 is 2.16 bits per heavy atom. The number of hydrogen-bond acceptors (Lipinski definition) is 10. The largest absolute Gasteiger partial charge is 0.481 e. The zero-order valence-corrected chi connectivity index (χ0v) is 39.6. The van der Waals surface area contributed by atoms with Gasteiger partial charge in [-0.3, -0.25) is 43.9 Å². The van der Waals surface area contributed by atoms with E-state index < -0.39 is 77.9 Å². The Bertz CT molecular complexity index is 1820. The highest BCUT2D eigenvalue weighted by molar-refractivity contribution is 6.00. The van der Waals surface area contributed by atoms with Crippen LogP contribution in [0.2, 0.25) is 0 Å². The fraction of sp³-hybridized carbons (Fsp3) is 0.702. The minimum atomic E-state index is -0.962. The van der Waals surface area contributed by atoms with Gasteiger partial charge in [0, 0.05) is 56.7 Å². The van der Waals surface area contributed by atoms with Crippen molar-refractivity contribution in [3.8, 4) is 0 Å². The number of ether oxygens (including phenoxy) is 2. The Hall–Kier alpha value is -4.38. The van der Waals surface area contributed by atoms with Crippen molar-refractivity contribution in [1.29, 1.82) is 0 Å². The quantitative estimate of drug-likeness (QED) is 0.0796. The number of carbonyl (C=O) groups excluding carboxylic acids is 5. The molecule has 354 valence electrons. The summed E-state index contributed by atoms with van der Waals surface area (Å²) in [4.78, 5) is 88.5. The summed E-state index contributed by atoms with van der Waals surface area (Å²) in [6, 6.07) is 4.62. The lowest BCUT2D eigenvalue weighted by molar-refractivity contribution is -0.144. The highest BCUT2D eigenvalue weighted by Gasteiger charge is 2.44. The summed E-state index contributed by atoms with van der Waals surface area (Å²) < 4.78 is 12.1. The summed E-state index contributed by atoms with van der Waals surface area (Å²) in [5, 5.41) is 15.5. The number of nitrogens with zero attached hydrogens (tertiary/aromatic N) is 3. The molecule has 2 aromatic rings. The van der Waals surface area contributed by atoms with Crippen LogP contribution in [-0.2, 0) is 44.7 Å². The monoisotopic (exact) mass is 884 g/mol. The van der Waals surface area contributed by atoms with Crippen LogP contribution in [0, 0.1) is 23.7 Å². The van der Waals surface area contributed by atoms with Crippen LogP contribution in [0.4, 0.5) is 0 Å². The number of unbranched alkanes of at least 4 members (excludes halogenated alkanes) is 2. The van der Waals surface area contributed by atoms with Crippen LogP contribution in [0.5, 0.6) is 0 Å². The number of carboxylic acids is 1. The van der Waals surface area contributed by atoms with Gasteiger partial charge in [0.05, 0.1) is 42.7 Å². The number of methoxy groups -OCH3 is 2. The van der Waals surface area contributed by atoms with E-state index in [4.69, 9.17) is 20.3 Å². The third-order valence-corrected chi connectivity index (χ3v) is 13.1. The molecule has 0 unspecified atom stereocenters. The number of rotatable bonds is 27. The fourth-order valence-electron chi connectivity index (χ4n) is 9.62. The molecule has 0 radical (unpaired) electrons. The van der Waals surface area contributed by atoms with Crippen molar-refractivity contribution in [3.05, 3.63) is 36.0 Å². The third kappa shape index (κ3) is 14.3. The number of fused-ring (bicyclic) bond motifs is 1. The number of hydrogen-bond donors (Lipinski definition) is 5. The second-order valence-corrected chi connectivity index (χ2v) is 18.2. The fourth-order valence-corrected chi connectivity index (χ4v) is 9.62. The maximum absolute atomic E-state index is 14.4. The Balaban J connectivity index is 1.76. The van der Waals surface area contributed by atoms with Gasteiger partial charge in [0.15, 0.2) is 0 Å². The molecule has 63 heavy (non-hydrogen) atoms. The molecule has 16 heteroatoms. The highest BCUT2D eigenvalue weighted by Crippen LogP contribution is 2.31. The second-order valence-electron chi connectivity index (χ2n) is 18.2. The number of benzene rings is 1. The van der Waals surface area contributed by atoms with Crippen molar-refractivity contribution >= 4 is 46.4 Å². The molecule has 9 atom stereocenters. The van der Waals surface area contributed by atoms with Gasteiger partial charge in [-0.25, -0.2) is 0 Å². The Morgan fingerprint density at radius 2 is 1.57 bits per heavy atom. The first-order valence-electron chi connectivity index (χ1n) is 22.8. The number of likely N-dealkylation sites (N-methyl/N-ethyl adjacent to an activating group) is 2. The van der Waals surface area contributed by atoms with Gasteiger partial charge in [0.2, 0.25) is 29.5 Å². The lowest BCUT2D eigenvalue weighted by Gasteiger charge is -2.43. The molecule has 5 amide bonds. The molecule has 16 nitrogen and oxygen atoms in total. The second kappa shape index (κ2) is 25.2. The molecule has 0 aliphatic carbocycles. The van der Waals surface area contributed by atoms with Crippen molar-refractivity contribution in [2.75, 3.05) is 41.4 Å². The number of carboxylic acid groups (broad SMARTS) is 1. The Morgan fingerprint density at radius 1 is 0.921 bits per heavy atom. The highest BCUT2D eigenvalue weighted by atomic mass is 16.5. The number of nitrogens with two attached hydrogens (primary N) is 1. The lowest BCUT2D eigenvalue weighted by Crippen LogP contribution is -2.60. The zero-order valence-electron chi connectivity index (χ0n) is 39.6. The first kappa shape index (κ1) is 53.0. The van der Waals surface area contributed by atoms with Crippen molar-refractivity contribution < 1.29 is 43.3 Å². The number of amides is 5. The van der Waals surface area contributed by atoms with Crippen LogP contribution in [0.15, 0.2) is 30.5 Å². The SMILES string of the molecule is CC[C@H](C)[C@@H]([C@@H](CC(=O)N1CCC[C@H]1[C@H](OC)[C@@H](C)C(=O)N[C@@H](Cc1c[nH]c2ccccc12)C(N)=O)OC)N(C)[C@H](C(=O)NC(=O)[C@H](C(C)C)N(C)CCCCCC(=O)O)C(C)C. The predicted octanol–water partition coefficient (Wildman–Crippen LogP) is 4.34. The molecule has 1 aromatic heterocycles. The average molecular weight is 884 g/mol. The molecule has 1 aliphatic rings. The third-order valence-electron chi connectivity index (χ3n) is 13.1. The van der Waals surface area contributed by atoms with Gasteiger partial charge >= 0.3 is 5.97 Å². The van der Waals surface area contributed by atoms with Gasteiger partial charge in [-0.2, -0.15) is 0 Å². The maximum atomic E-state index is 14.4. The van der Waals surface area contributed by atoms with Crippen LogP contribution in [0.1, 0.15) is 105 Å². The number of carbonyl (C=O) groups is 6. The number of primary amides is 1. The molecular formula is C47H77N7O9. The van der Waals surface area contributed by atoms with Crippen LogP contribution >= 0.6 is 0 Å². The van der Waals surface area contributed by atoms with Crippen molar-refractivity contribution in [2.45, 2.75) is 149 Å². The Kier molecular flexibility index (Phi) is 21.2. The number of nitrogens with one attached hydrogen (secondary N) is 3. The molecule has 0 bridgehead atoms. The zero-order chi connectivity index (χ0) is 47.1. The summed E-state index contributed by atoms with van der Waals surface area (Å²) >= 11 is 0. The molecule has 1 aliphatic heterocycles. The summed E-state index contributed by atoms with van der Waals surface area (Å²) in [5.74, 6) is -3.93. The van der Waals surface area contributed by atoms with Gasteiger partial charge in [-0.05, 0) is 75.7 Å². The number of imide groups is 1. The van der Waals surface area contributed by atoms with E-state index in [0.717, 1.165) is 35.7 Å². The minimum absolute atomic E-state index is 0.00970. The van der Waals surface area contributed by atoms with E-state index in [2.05, 4.69) is 22.5 Å². The van der Waals surface area contributed by atoms with Crippen LogP contribution in [0.25, 0.3) is 10.9 Å². The van der Waals surface area contributed by atoms with Gasteiger partial charge in [-0.1, -0.05) is 79.5 Å². The lowest BCUT2D eigenvalue weighted by atomic mass is 9.87. The van der Waals surface area contributed by atoms with Gasteiger partial charge in [0.25, 0.3) is 0 Å². The van der Waals surface area contributed by atoms with Crippen LogP contribution in [0.3, 0.4) is 0 Å². The van der Waals surface area contributed by atoms with E-state index in [1.807, 2.05) is 89.0 Å². The number of aromatic amines is 1. The van der Waals surface area contributed by atoms with E-state index in [9.17, 15) is 28.8 Å². The normalized spacial score (nSPS) is 18.3. The Labute approximate surface area is 374 Å². The van der Waals surface area contributed by atoms with E-state index >= 15 is 0 Å². The summed E-state index contributed by atoms with van der Waals surface area (Å²) in [6.07, 6.45) is 4.90. The smallest absolute Gasteiger partial charge is 0.303 e. The molecule has 0 spiro atoms. The molecular weight excluding hydrogens is 807 g/mol. The summed E-state index contributed by atoms with van der Waals surface area (Å²) in [5.41, 5.74) is 7.56. The van der Waals surface area contributed by atoms with E-state index in [-0.39, 0.29) is 42.9 Å². The van der Waals surface area contributed by atoms with E-state index in [1.165, 1.54) is 7.11 Å². The standard InChI is InChI=1S/C47H77N7O9/c1-12-30(6)42(53(9)41(29(4)5)47(61)51-46(60)40(28(2)3)52(8)23-17-13-14-22-39(56)57)37(62-10)26-38(55)54-24-18-21-36(54)43(63-11)31(7)45(59)50-35(44(48)58)25-32-27-49-34-20-16-15-19-33(32)34/h15-16,19-20,27-31,35-37,40-43,49H,12-14,17-18,21-26H2,1-11H3,(H2,48,58)(H,50,59)(H,56,57)(H,51,60,61)/t30-,31+,35-,36-,37+,40-,41-,42-,43+/m0/s1. The van der Waals surface area contributed by atoms with E-state index in [1.54, 1.807) is 18.9 Å². The molecule has 6 N–H and O–H groups in total. The van der Waals surface area contributed by atoms with Crippen LogP contribution < -0.4 is 16.4 Å². The molecule has 1 saturated heterocycles. The van der Waals surface area contributed by atoms with Crippen molar-refractivity contribution in [1.82, 2.24) is 30.3 Å². The number of para-hydroxylation sites is 1. The van der Waals surface area contributed by atoms with Gasteiger partial charge in [-0.15, -0.1) is 0 Å². The number of likely N-dealkylation sites (tertiary alicyclic amines) is 1. The maximum Gasteiger partial charge on any atom is 0.303 e. The number of aliphatic carboxylic acids is 1.